The minimum atomic E-state index is -1.18. The SMILES string of the molecule is CC[C@H]1OC(=O)C(C)C(=O)[C@H](C)[C@@H](O[C@@H]2OC(CNC(=O)CN(C)C)CC(N(C)C)C2O)[C@](C)(OC)C[C@@H](C)CC[C@H](C)[C@H]2NC(=O)O[C@@]21C. The molecule has 0 saturated carbocycles. The van der Waals surface area contributed by atoms with Crippen molar-refractivity contribution < 1.29 is 48.0 Å². The number of cyclic esters (lactones) is 1. The summed E-state index contributed by atoms with van der Waals surface area (Å²) in [5, 5.41) is 17.4. The van der Waals surface area contributed by atoms with Crippen LogP contribution in [0.4, 0.5) is 4.79 Å². The van der Waals surface area contributed by atoms with Gasteiger partial charge in [0, 0.05) is 25.6 Å². The second kappa shape index (κ2) is 17.4. The zero-order valence-corrected chi connectivity index (χ0v) is 32.3. The molecule has 0 radical (unpaired) electrons. The van der Waals surface area contributed by atoms with Crippen LogP contribution in [-0.2, 0) is 38.1 Å². The Balaban J connectivity index is 1.99. The maximum atomic E-state index is 14.2. The third-order valence-corrected chi connectivity index (χ3v) is 11.1. The minimum absolute atomic E-state index is 0.0190. The lowest BCUT2D eigenvalue weighted by atomic mass is 9.76. The van der Waals surface area contributed by atoms with E-state index in [-0.39, 0.29) is 36.9 Å². The number of ether oxygens (including phenoxy) is 5. The highest BCUT2D eigenvalue weighted by Gasteiger charge is 2.55. The largest absolute Gasteiger partial charge is 0.458 e. The van der Waals surface area contributed by atoms with Gasteiger partial charge < -0.3 is 49.2 Å². The minimum Gasteiger partial charge on any atom is -0.458 e. The van der Waals surface area contributed by atoms with Crippen molar-refractivity contribution in [1.82, 2.24) is 20.4 Å². The fourth-order valence-corrected chi connectivity index (χ4v) is 8.05. The van der Waals surface area contributed by atoms with Crippen molar-refractivity contribution >= 4 is 23.8 Å². The normalized spacial score (nSPS) is 40.7. The van der Waals surface area contributed by atoms with Crippen LogP contribution in [0.5, 0.6) is 0 Å². The molecule has 0 aromatic rings. The third kappa shape index (κ3) is 9.74. The number of hydrogen-bond acceptors (Lipinski definition) is 12. The van der Waals surface area contributed by atoms with Crippen LogP contribution < -0.4 is 10.6 Å². The first-order chi connectivity index (χ1) is 23.3. The van der Waals surface area contributed by atoms with Gasteiger partial charge in [-0.15, -0.1) is 0 Å². The van der Waals surface area contributed by atoms with Crippen LogP contribution >= 0.6 is 0 Å². The molecule has 0 aromatic heterocycles. The van der Waals surface area contributed by atoms with Crippen LogP contribution in [0.15, 0.2) is 0 Å². The molecular weight excluding hydrogens is 648 g/mol. The molecule has 14 nitrogen and oxygen atoms in total. The van der Waals surface area contributed by atoms with E-state index in [1.807, 2.05) is 46.9 Å². The lowest BCUT2D eigenvalue weighted by molar-refractivity contribution is -0.297. The van der Waals surface area contributed by atoms with Crippen molar-refractivity contribution in [2.75, 3.05) is 48.4 Å². The van der Waals surface area contributed by atoms with Gasteiger partial charge in [0.1, 0.15) is 18.1 Å². The first kappa shape index (κ1) is 42.1. The molecule has 0 bridgehead atoms. The van der Waals surface area contributed by atoms with Gasteiger partial charge in [0.25, 0.3) is 0 Å². The summed E-state index contributed by atoms with van der Waals surface area (Å²) in [6, 6.07) is -0.773. The van der Waals surface area contributed by atoms with Gasteiger partial charge in [-0.05, 0) is 86.5 Å². The first-order valence-corrected chi connectivity index (χ1v) is 18.1. The van der Waals surface area contributed by atoms with E-state index in [4.69, 9.17) is 23.7 Å². The molecule has 3 aliphatic rings. The lowest BCUT2D eigenvalue weighted by Crippen LogP contribution is -2.60. The lowest BCUT2D eigenvalue weighted by Gasteiger charge is -2.47. The van der Waals surface area contributed by atoms with Crippen LogP contribution in [0.1, 0.15) is 80.6 Å². The molecule has 50 heavy (non-hydrogen) atoms. The predicted molar refractivity (Wildman–Crippen MR) is 186 cm³/mol. The molecule has 13 atom stereocenters. The van der Waals surface area contributed by atoms with E-state index in [0.29, 0.717) is 19.3 Å². The van der Waals surface area contributed by atoms with Gasteiger partial charge in [-0.1, -0.05) is 34.1 Å². The number of hydrogen-bond donors (Lipinski definition) is 3. The Morgan fingerprint density at radius 2 is 1.74 bits per heavy atom. The molecular formula is C36H64N4O10. The van der Waals surface area contributed by atoms with E-state index in [9.17, 15) is 24.3 Å². The molecule has 0 aromatic carbocycles. The standard InChI is InChI=1S/C36H64N4O10/c1-13-26-36(7)30(38-34(45)50-36)21(3)15-14-20(2)17-35(6,46-12)31(22(4)28(42)23(5)32(44)48-26)49-33-29(43)25(40(10)11)16-24(47-33)18-37-27(41)19-39(8)9/h20-26,29-31,33,43H,13-19H2,1-12H3,(H,37,41)(H,38,45)/t20-,21-,22-,23?,24?,25?,26+,29?,30+,31+,33-,35+,36+/m0/s1. The van der Waals surface area contributed by atoms with Crippen LogP contribution in [0, 0.1) is 23.7 Å². The Morgan fingerprint density at radius 1 is 1.08 bits per heavy atom. The van der Waals surface area contributed by atoms with Crippen molar-refractivity contribution in [3.63, 3.8) is 0 Å². The summed E-state index contributed by atoms with van der Waals surface area (Å²) in [5.74, 6) is -3.28. The van der Waals surface area contributed by atoms with Crippen molar-refractivity contribution in [2.45, 2.75) is 135 Å². The molecule has 3 N–H and O–H groups in total. The summed E-state index contributed by atoms with van der Waals surface area (Å²) >= 11 is 0. The van der Waals surface area contributed by atoms with E-state index in [1.54, 1.807) is 25.9 Å². The van der Waals surface area contributed by atoms with E-state index in [1.165, 1.54) is 6.92 Å². The zero-order chi connectivity index (χ0) is 37.7. The number of fused-ring (bicyclic) bond motifs is 1. The second-order valence-corrected chi connectivity index (χ2v) is 15.8. The monoisotopic (exact) mass is 712 g/mol. The summed E-state index contributed by atoms with van der Waals surface area (Å²) in [6.07, 6.45) is -2.19. The quantitative estimate of drug-likeness (QED) is 0.237. The molecule has 3 fully saturated rings. The number of nitrogens with zero attached hydrogens (tertiary/aromatic N) is 2. The van der Waals surface area contributed by atoms with Crippen LogP contribution in [-0.4, -0.2) is 141 Å². The molecule has 3 saturated heterocycles. The summed E-state index contributed by atoms with van der Waals surface area (Å²) in [4.78, 5) is 56.5. The van der Waals surface area contributed by atoms with E-state index in [2.05, 4.69) is 24.5 Å². The topological polar surface area (TPSA) is 165 Å². The maximum Gasteiger partial charge on any atom is 0.408 e. The van der Waals surface area contributed by atoms with Crippen molar-refractivity contribution in [3.8, 4) is 0 Å². The molecule has 0 spiro atoms. The number of nitrogens with one attached hydrogen (secondary N) is 2. The molecule has 14 heteroatoms. The Hall–Kier alpha value is -2.36. The number of carbonyl (C=O) groups is 4. The number of esters is 1. The molecule has 3 rings (SSSR count). The summed E-state index contributed by atoms with van der Waals surface area (Å²) in [7, 11) is 8.91. The van der Waals surface area contributed by atoms with Gasteiger partial charge in [0.2, 0.25) is 5.91 Å². The number of methoxy groups -OCH3 is 1. The zero-order valence-electron chi connectivity index (χ0n) is 32.3. The summed E-state index contributed by atoms with van der Waals surface area (Å²) in [5.41, 5.74) is -2.17. The van der Waals surface area contributed by atoms with E-state index >= 15 is 0 Å². The van der Waals surface area contributed by atoms with Gasteiger partial charge in [0.15, 0.2) is 17.7 Å². The Kier molecular flexibility index (Phi) is 14.7. The Bertz CT molecular complexity index is 1190. The highest BCUT2D eigenvalue weighted by atomic mass is 16.7. The molecule has 0 aliphatic carbocycles. The summed E-state index contributed by atoms with van der Waals surface area (Å²) < 4.78 is 31.0. The van der Waals surface area contributed by atoms with Gasteiger partial charge in [-0.25, -0.2) is 4.79 Å². The van der Waals surface area contributed by atoms with Crippen molar-refractivity contribution in [1.29, 1.82) is 0 Å². The number of Topliss-reactive ketones (excluding diaryl/α,β-unsaturated/α-hetero) is 1. The van der Waals surface area contributed by atoms with Gasteiger partial charge in [0.05, 0.1) is 30.4 Å². The van der Waals surface area contributed by atoms with Crippen LogP contribution in [0.25, 0.3) is 0 Å². The second-order valence-electron chi connectivity index (χ2n) is 15.8. The third-order valence-electron chi connectivity index (χ3n) is 11.1. The number of ketones is 1. The average molecular weight is 713 g/mol. The number of rotatable bonds is 9. The number of alkyl carbamates (subject to hydrolysis) is 1. The highest BCUT2D eigenvalue weighted by molar-refractivity contribution is 6.00. The van der Waals surface area contributed by atoms with Crippen molar-refractivity contribution in [3.05, 3.63) is 0 Å². The predicted octanol–water partition coefficient (Wildman–Crippen LogP) is 2.35. The molecule has 3 aliphatic heterocycles. The van der Waals surface area contributed by atoms with E-state index < -0.39 is 77.6 Å². The fraction of sp³-hybridized carbons (Fsp3) is 0.889. The molecule has 2 amide bonds. The average Bonchev–Trinajstić information content (AvgIpc) is 3.36. The van der Waals surface area contributed by atoms with Gasteiger partial charge in [-0.3, -0.25) is 14.4 Å². The van der Waals surface area contributed by atoms with Gasteiger partial charge in [-0.2, -0.15) is 0 Å². The fourth-order valence-electron chi connectivity index (χ4n) is 8.05. The van der Waals surface area contributed by atoms with Crippen molar-refractivity contribution in [2.24, 2.45) is 23.7 Å². The number of aliphatic hydroxyl groups is 1. The number of carbonyl (C=O) groups excluding carboxylic acids is 4. The summed E-state index contributed by atoms with van der Waals surface area (Å²) in [6.45, 7) is 13.3. The van der Waals surface area contributed by atoms with Crippen LogP contribution in [0.3, 0.4) is 0 Å². The number of likely N-dealkylation sites (N-methyl/N-ethyl adjacent to an activating group) is 2. The van der Waals surface area contributed by atoms with Gasteiger partial charge >= 0.3 is 12.1 Å². The highest BCUT2D eigenvalue weighted by Crippen LogP contribution is 2.40. The maximum absolute atomic E-state index is 14.2. The molecule has 288 valence electrons. The van der Waals surface area contributed by atoms with E-state index in [0.717, 1.165) is 12.8 Å². The molecule has 3 heterocycles. The smallest absolute Gasteiger partial charge is 0.408 e. The Morgan fingerprint density at radius 3 is 2.32 bits per heavy atom. The first-order valence-electron chi connectivity index (χ1n) is 18.1. The molecule has 4 unspecified atom stereocenters. The number of amides is 2. The number of aliphatic hydroxyl groups excluding tert-OH is 1. The Labute approximate surface area is 298 Å². The van der Waals surface area contributed by atoms with Crippen LogP contribution in [0.2, 0.25) is 0 Å².